The first-order chi connectivity index (χ1) is 9.51. The van der Waals surface area contributed by atoms with Crippen molar-refractivity contribution in [3.63, 3.8) is 0 Å². The number of hydrogen-bond acceptors (Lipinski definition) is 4. The maximum atomic E-state index is 12.2. The third-order valence-electron chi connectivity index (χ3n) is 2.98. The van der Waals surface area contributed by atoms with Gasteiger partial charge in [-0.15, -0.1) is 0 Å². The summed E-state index contributed by atoms with van der Waals surface area (Å²) >= 11 is 0. The molecule has 1 heterocycles. The molecule has 20 heavy (non-hydrogen) atoms. The minimum atomic E-state index is -0.220. The largest absolute Gasteiger partial charge is 0.496 e. The van der Waals surface area contributed by atoms with Gasteiger partial charge in [0.15, 0.2) is 5.82 Å². The van der Waals surface area contributed by atoms with Crippen molar-refractivity contribution in [3.8, 4) is 5.75 Å². The lowest BCUT2D eigenvalue weighted by molar-refractivity contribution is 0.102. The van der Waals surface area contributed by atoms with Crippen LogP contribution in [0.25, 0.3) is 0 Å². The quantitative estimate of drug-likeness (QED) is 0.928. The molecule has 0 spiro atoms. The first kappa shape index (κ1) is 14.1. The molecule has 0 atom stereocenters. The Labute approximate surface area is 117 Å². The Morgan fingerprint density at radius 2 is 2.10 bits per heavy atom. The predicted molar refractivity (Wildman–Crippen MR) is 76.3 cm³/mol. The molecule has 0 aliphatic heterocycles. The van der Waals surface area contributed by atoms with Gasteiger partial charge in [0.2, 0.25) is 0 Å². The van der Waals surface area contributed by atoms with Crippen molar-refractivity contribution in [2.24, 2.45) is 0 Å². The maximum Gasteiger partial charge on any atom is 0.256 e. The number of ether oxygens (including phenoxy) is 1. The molecule has 0 bridgehead atoms. The van der Waals surface area contributed by atoms with E-state index in [0.717, 1.165) is 11.3 Å². The van der Waals surface area contributed by atoms with E-state index in [4.69, 9.17) is 9.26 Å². The number of methoxy groups -OCH3 is 1. The SMILES string of the molecule is COc1ccc(C(=O)Nc2cc(C)on2)cc1C(C)C. The number of rotatable bonds is 4. The molecule has 5 heteroatoms. The van der Waals surface area contributed by atoms with Crippen LogP contribution in [0.1, 0.15) is 41.4 Å². The van der Waals surface area contributed by atoms with Crippen LogP contribution in [-0.4, -0.2) is 18.2 Å². The molecule has 0 radical (unpaired) electrons. The molecule has 1 aromatic carbocycles. The van der Waals surface area contributed by atoms with E-state index in [-0.39, 0.29) is 11.8 Å². The molecule has 1 N–H and O–H groups in total. The molecule has 1 amide bonds. The Hall–Kier alpha value is -2.30. The second-order valence-corrected chi connectivity index (χ2v) is 4.89. The van der Waals surface area contributed by atoms with E-state index in [1.807, 2.05) is 6.07 Å². The summed E-state index contributed by atoms with van der Waals surface area (Å²) < 4.78 is 10.2. The number of nitrogens with zero attached hydrogens (tertiary/aromatic N) is 1. The highest BCUT2D eigenvalue weighted by atomic mass is 16.5. The van der Waals surface area contributed by atoms with E-state index in [1.165, 1.54) is 0 Å². The van der Waals surface area contributed by atoms with Gasteiger partial charge in [-0.05, 0) is 36.6 Å². The third-order valence-corrected chi connectivity index (χ3v) is 2.98. The average Bonchev–Trinajstić information content (AvgIpc) is 2.83. The first-order valence-corrected chi connectivity index (χ1v) is 6.44. The number of carbonyl (C=O) groups excluding carboxylic acids is 1. The average molecular weight is 274 g/mol. The van der Waals surface area contributed by atoms with E-state index in [1.54, 1.807) is 32.2 Å². The fourth-order valence-corrected chi connectivity index (χ4v) is 1.94. The zero-order chi connectivity index (χ0) is 14.7. The second-order valence-electron chi connectivity index (χ2n) is 4.89. The standard InChI is InChI=1S/C15H18N2O3/c1-9(2)12-8-11(5-6-13(12)19-4)15(18)16-14-7-10(3)20-17-14/h5-9H,1-4H3,(H,16,17,18). The summed E-state index contributed by atoms with van der Waals surface area (Å²) in [5.74, 6) is 1.90. The topological polar surface area (TPSA) is 64.4 Å². The van der Waals surface area contributed by atoms with Crippen molar-refractivity contribution in [3.05, 3.63) is 41.2 Å². The number of nitrogens with one attached hydrogen (secondary N) is 1. The fourth-order valence-electron chi connectivity index (χ4n) is 1.94. The zero-order valence-corrected chi connectivity index (χ0v) is 12.1. The van der Waals surface area contributed by atoms with Crippen molar-refractivity contribution < 1.29 is 14.1 Å². The van der Waals surface area contributed by atoms with Crippen molar-refractivity contribution in [1.82, 2.24) is 5.16 Å². The molecule has 106 valence electrons. The van der Waals surface area contributed by atoms with Gasteiger partial charge in [0, 0.05) is 11.6 Å². The summed E-state index contributed by atoms with van der Waals surface area (Å²) in [6.07, 6.45) is 0. The number of carbonyl (C=O) groups is 1. The van der Waals surface area contributed by atoms with Crippen molar-refractivity contribution >= 4 is 11.7 Å². The minimum absolute atomic E-state index is 0.220. The van der Waals surface area contributed by atoms with E-state index in [9.17, 15) is 4.79 Å². The smallest absolute Gasteiger partial charge is 0.256 e. The molecule has 0 aliphatic rings. The molecule has 0 unspecified atom stereocenters. The summed E-state index contributed by atoms with van der Waals surface area (Å²) in [6.45, 7) is 5.88. The van der Waals surface area contributed by atoms with Crippen LogP contribution in [0.15, 0.2) is 28.8 Å². The fraction of sp³-hybridized carbons (Fsp3) is 0.333. The van der Waals surface area contributed by atoms with Gasteiger partial charge >= 0.3 is 0 Å². The molecule has 2 aromatic rings. The molecule has 0 aliphatic carbocycles. The molecular weight excluding hydrogens is 256 g/mol. The first-order valence-electron chi connectivity index (χ1n) is 6.44. The Morgan fingerprint density at radius 1 is 1.35 bits per heavy atom. The summed E-state index contributed by atoms with van der Waals surface area (Å²) in [7, 11) is 1.62. The van der Waals surface area contributed by atoms with E-state index >= 15 is 0 Å². The van der Waals surface area contributed by atoms with Gasteiger partial charge in [0.05, 0.1) is 7.11 Å². The molecule has 2 rings (SSSR count). The van der Waals surface area contributed by atoms with Crippen molar-refractivity contribution in [2.45, 2.75) is 26.7 Å². The Kier molecular flexibility index (Phi) is 4.08. The van der Waals surface area contributed by atoms with E-state index < -0.39 is 0 Å². The van der Waals surface area contributed by atoms with Crippen LogP contribution in [0.4, 0.5) is 5.82 Å². The number of anilines is 1. The Morgan fingerprint density at radius 3 is 2.65 bits per heavy atom. The van der Waals surface area contributed by atoms with Crippen LogP contribution in [-0.2, 0) is 0 Å². The molecule has 0 saturated heterocycles. The van der Waals surface area contributed by atoms with Crippen molar-refractivity contribution in [1.29, 1.82) is 0 Å². The number of aromatic nitrogens is 1. The van der Waals surface area contributed by atoms with Crippen LogP contribution >= 0.6 is 0 Å². The number of amides is 1. The molecule has 1 aromatic heterocycles. The van der Waals surface area contributed by atoms with Crippen LogP contribution in [0, 0.1) is 6.92 Å². The lowest BCUT2D eigenvalue weighted by Gasteiger charge is -2.13. The summed E-state index contributed by atoms with van der Waals surface area (Å²) in [6, 6.07) is 7.04. The van der Waals surface area contributed by atoms with Crippen LogP contribution in [0.5, 0.6) is 5.75 Å². The van der Waals surface area contributed by atoms with Gasteiger partial charge in [-0.1, -0.05) is 19.0 Å². The highest BCUT2D eigenvalue weighted by Crippen LogP contribution is 2.27. The van der Waals surface area contributed by atoms with E-state index in [2.05, 4.69) is 24.3 Å². The Balaban J connectivity index is 2.24. The number of aryl methyl sites for hydroxylation is 1. The lowest BCUT2D eigenvalue weighted by atomic mass is 9.99. The molecule has 5 nitrogen and oxygen atoms in total. The normalized spacial score (nSPS) is 10.7. The number of benzene rings is 1. The monoisotopic (exact) mass is 274 g/mol. The second kappa shape index (κ2) is 5.77. The van der Waals surface area contributed by atoms with Crippen LogP contribution < -0.4 is 10.1 Å². The summed E-state index contributed by atoms with van der Waals surface area (Å²) in [5.41, 5.74) is 1.56. The number of hydrogen-bond donors (Lipinski definition) is 1. The summed E-state index contributed by atoms with van der Waals surface area (Å²) in [4.78, 5) is 12.2. The molecule has 0 saturated carbocycles. The van der Waals surface area contributed by atoms with Crippen LogP contribution in [0.3, 0.4) is 0 Å². The highest BCUT2D eigenvalue weighted by molar-refractivity contribution is 6.04. The predicted octanol–water partition coefficient (Wildman–Crippen LogP) is 3.37. The van der Waals surface area contributed by atoms with Gasteiger partial charge in [-0.3, -0.25) is 4.79 Å². The van der Waals surface area contributed by atoms with Crippen LogP contribution in [0.2, 0.25) is 0 Å². The maximum absolute atomic E-state index is 12.2. The summed E-state index contributed by atoms with van der Waals surface area (Å²) in [5, 5.41) is 6.44. The van der Waals surface area contributed by atoms with Gasteiger partial charge in [0.1, 0.15) is 11.5 Å². The minimum Gasteiger partial charge on any atom is -0.496 e. The van der Waals surface area contributed by atoms with Gasteiger partial charge in [-0.25, -0.2) is 0 Å². The lowest BCUT2D eigenvalue weighted by Crippen LogP contribution is -2.12. The van der Waals surface area contributed by atoms with Gasteiger partial charge in [0.25, 0.3) is 5.91 Å². The molecule has 0 fully saturated rings. The van der Waals surface area contributed by atoms with Gasteiger partial charge < -0.3 is 14.6 Å². The van der Waals surface area contributed by atoms with Gasteiger partial charge in [-0.2, -0.15) is 0 Å². The van der Waals surface area contributed by atoms with Crippen molar-refractivity contribution in [2.75, 3.05) is 12.4 Å². The van der Waals surface area contributed by atoms with E-state index in [0.29, 0.717) is 17.1 Å². The molecular formula is C15H18N2O3. The zero-order valence-electron chi connectivity index (χ0n) is 12.1. The third kappa shape index (κ3) is 2.99. The Bertz CT molecular complexity index is 617. The highest BCUT2D eigenvalue weighted by Gasteiger charge is 2.13.